The molecule has 5 nitrogen and oxygen atoms in total. The lowest BCUT2D eigenvalue weighted by Crippen LogP contribution is -2.41. The highest BCUT2D eigenvalue weighted by molar-refractivity contribution is 5.59. The highest BCUT2D eigenvalue weighted by atomic mass is 19.1. The summed E-state index contributed by atoms with van der Waals surface area (Å²) in [5.74, 6) is 0.137. The zero-order valence-electron chi connectivity index (χ0n) is 15.1. The van der Waals surface area contributed by atoms with E-state index in [1.165, 1.54) is 17.8 Å². The molecule has 2 aromatic carbocycles. The van der Waals surface area contributed by atoms with E-state index in [4.69, 9.17) is 0 Å². The van der Waals surface area contributed by atoms with Crippen LogP contribution < -0.4 is 5.32 Å². The third-order valence-corrected chi connectivity index (χ3v) is 4.80. The Kier molecular flexibility index (Phi) is 5.34. The fourth-order valence-corrected chi connectivity index (χ4v) is 3.50. The van der Waals surface area contributed by atoms with E-state index < -0.39 is 0 Å². The Morgan fingerprint density at radius 2 is 1.89 bits per heavy atom. The molecule has 0 saturated carbocycles. The van der Waals surface area contributed by atoms with Crippen LogP contribution in [-0.2, 0) is 6.54 Å². The molecule has 0 bridgehead atoms. The van der Waals surface area contributed by atoms with Gasteiger partial charge in [-0.15, -0.1) is 5.10 Å². The number of likely N-dealkylation sites (tertiary alicyclic amines) is 1. The Hall–Kier alpha value is -2.86. The van der Waals surface area contributed by atoms with Gasteiger partial charge in [0.15, 0.2) is 0 Å². The van der Waals surface area contributed by atoms with Crippen molar-refractivity contribution in [2.45, 2.75) is 25.4 Å². The summed E-state index contributed by atoms with van der Waals surface area (Å²) in [6.07, 6.45) is 3.66. The summed E-state index contributed by atoms with van der Waals surface area (Å²) < 4.78 is 14.0. The van der Waals surface area contributed by atoms with E-state index >= 15 is 0 Å². The lowest BCUT2D eigenvalue weighted by Gasteiger charge is -2.33. The van der Waals surface area contributed by atoms with E-state index in [1.54, 1.807) is 18.2 Å². The Balaban J connectivity index is 1.43. The number of anilines is 1. The van der Waals surface area contributed by atoms with Crippen molar-refractivity contribution in [3.05, 3.63) is 72.2 Å². The van der Waals surface area contributed by atoms with Crippen molar-refractivity contribution in [2.24, 2.45) is 0 Å². The standard InChI is InChI=1S/C21H22FN5/c22-19-11-5-4-10-18(19)20-13-23-26-21(25-20)24-17-9-6-12-27(15-17)14-16-7-2-1-3-8-16/h1-5,7-8,10-11,13,17H,6,9,12,14-15H2,(H,24,25,26). The lowest BCUT2D eigenvalue weighted by molar-refractivity contribution is 0.208. The molecule has 0 amide bonds. The van der Waals surface area contributed by atoms with Gasteiger partial charge in [-0.2, -0.15) is 5.10 Å². The van der Waals surface area contributed by atoms with Gasteiger partial charge in [-0.25, -0.2) is 9.37 Å². The summed E-state index contributed by atoms with van der Waals surface area (Å²) in [5.41, 5.74) is 2.24. The molecule has 1 aliphatic rings. The summed E-state index contributed by atoms with van der Waals surface area (Å²) in [6.45, 7) is 2.94. The van der Waals surface area contributed by atoms with Crippen molar-refractivity contribution in [1.29, 1.82) is 0 Å². The van der Waals surface area contributed by atoms with Gasteiger partial charge in [-0.3, -0.25) is 4.90 Å². The Labute approximate surface area is 158 Å². The molecule has 1 aromatic heterocycles. The van der Waals surface area contributed by atoms with Crippen LogP contribution in [0.1, 0.15) is 18.4 Å². The molecule has 2 heterocycles. The third kappa shape index (κ3) is 4.46. The summed E-state index contributed by atoms with van der Waals surface area (Å²) in [4.78, 5) is 6.90. The number of hydrogen-bond acceptors (Lipinski definition) is 5. The summed E-state index contributed by atoms with van der Waals surface area (Å²) in [7, 11) is 0. The molecule has 27 heavy (non-hydrogen) atoms. The maximum atomic E-state index is 14.0. The number of benzene rings is 2. The third-order valence-electron chi connectivity index (χ3n) is 4.80. The van der Waals surface area contributed by atoms with E-state index in [-0.39, 0.29) is 11.9 Å². The molecule has 6 heteroatoms. The maximum absolute atomic E-state index is 14.0. The zero-order valence-corrected chi connectivity index (χ0v) is 15.1. The minimum atomic E-state index is -0.310. The average Bonchev–Trinajstić information content (AvgIpc) is 2.70. The first-order chi connectivity index (χ1) is 13.3. The van der Waals surface area contributed by atoms with Gasteiger partial charge in [0.1, 0.15) is 5.82 Å². The van der Waals surface area contributed by atoms with Crippen molar-refractivity contribution in [3.8, 4) is 11.3 Å². The number of nitrogens with one attached hydrogen (secondary N) is 1. The van der Waals surface area contributed by atoms with Gasteiger partial charge in [0, 0.05) is 24.7 Å². The van der Waals surface area contributed by atoms with E-state index in [0.717, 1.165) is 32.5 Å². The minimum Gasteiger partial charge on any atom is -0.349 e. The van der Waals surface area contributed by atoms with Gasteiger partial charge < -0.3 is 5.32 Å². The van der Waals surface area contributed by atoms with Crippen LogP contribution in [0, 0.1) is 5.82 Å². The van der Waals surface area contributed by atoms with Crippen LogP contribution in [-0.4, -0.2) is 39.2 Å². The largest absolute Gasteiger partial charge is 0.349 e. The first-order valence-corrected chi connectivity index (χ1v) is 9.25. The van der Waals surface area contributed by atoms with Crippen molar-refractivity contribution in [3.63, 3.8) is 0 Å². The van der Waals surface area contributed by atoms with Crippen LogP contribution in [0.3, 0.4) is 0 Å². The predicted molar refractivity (Wildman–Crippen MR) is 104 cm³/mol. The van der Waals surface area contributed by atoms with Crippen LogP contribution in [0.2, 0.25) is 0 Å². The lowest BCUT2D eigenvalue weighted by atomic mass is 10.0. The quantitative estimate of drug-likeness (QED) is 0.748. The van der Waals surface area contributed by atoms with Crippen LogP contribution >= 0.6 is 0 Å². The highest BCUT2D eigenvalue weighted by Gasteiger charge is 2.21. The smallest absolute Gasteiger partial charge is 0.243 e. The number of nitrogens with zero attached hydrogens (tertiary/aromatic N) is 4. The Bertz CT molecular complexity index is 887. The highest BCUT2D eigenvalue weighted by Crippen LogP contribution is 2.21. The minimum absolute atomic E-state index is 0.250. The summed E-state index contributed by atoms with van der Waals surface area (Å²) in [6, 6.07) is 17.3. The molecule has 0 radical (unpaired) electrons. The molecule has 1 saturated heterocycles. The maximum Gasteiger partial charge on any atom is 0.243 e. The van der Waals surface area contributed by atoms with Gasteiger partial charge in [0.05, 0.1) is 11.9 Å². The van der Waals surface area contributed by atoms with E-state index in [0.29, 0.717) is 17.2 Å². The first kappa shape index (κ1) is 17.5. The number of halogens is 1. The summed E-state index contributed by atoms with van der Waals surface area (Å²) in [5, 5.41) is 11.5. The van der Waals surface area contributed by atoms with Gasteiger partial charge in [0.25, 0.3) is 0 Å². The normalized spacial score (nSPS) is 17.6. The van der Waals surface area contributed by atoms with Crippen molar-refractivity contribution in [1.82, 2.24) is 20.1 Å². The molecule has 4 rings (SSSR count). The summed E-state index contributed by atoms with van der Waals surface area (Å²) >= 11 is 0. The molecular weight excluding hydrogens is 341 g/mol. The van der Waals surface area contributed by atoms with Crippen molar-refractivity contribution in [2.75, 3.05) is 18.4 Å². The fraction of sp³-hybridized carbons (Fsp3) is 0.286. The molecular formula is C21H22FN5. The zero-order chi connectivity index (χ0) is 18.5. The Morgan fingerprint density at radius 3 is 2.74 bits per heavy atom. The second-order valence-electron chi connectivity index (χ2n) is 6.85. The predicted octanol–water partition coefficient (Wildman–Crippen LogP) is 3.75. The van der Waals surface area contributed by atoms with Crippen LogP contribution in [0.25, 0.3) is 11.3 Å². The van der Waals surface area contributed by atoms with Gasteiger partial charge in [0.2, 0.25) is 5.95 Å². The molecule has 1 aliphatic heterocycles. The van der Waals surface area contributed by atoms with E-state index in [2.05, 4.69) is 49.7 Å². The first-order valence-electron chi connectivity index (χ1n) is 9.25. The van der Waals surface area contributed by atoms with E-state index in [1.807, 2.05) is 6.07 Å². The number of aromatic nitrogens is 3. The topological polar surface area (TPSA) is 53.9 Å². The molecule has 138 valence electrons. The van der Waals surface area contributed by atoms with Crippen molar-refractivity contribution < 1.29 is 4.39 Å². The van der Waals surface area contributed by atoms with E-state index in [9.17, 15) is 4.39 Å². The molecule has 1 fully saturated rings. The monoisotopic (exact) mass is 363 g/mol. The van der Waals surface area contributed by atoms with Crippen LogP contribution in [0.5, 0.6) is 0 Å². The fourth-order valence-electron chi connectivity index (χ4n) is 3.50. The second-order valence-corrected chi connectivity index (χ2v) is 6.85. The molecule has 1 atom stereocenters. The molecule has 1 unspecified atom stereocenters. The van der Waals surface area contributed by atoms with Gasteiger partial charge in [-0.05, 0) is 37.1 Å². The van der Waals surface area contributed by atoms with Gasteiger partial charge in [-0.1, -0.05) is 42.5 Å². The van der Waals surface area contributed by atoms with Crippen LogP contribution in [0.4, 0.5) is 10.3 Å². The molecule has 3 aromatic rings. The number of piperidine rings is 1. The molecule has 0 aliphatic carbocycles. The second kappa shape index (κ2) is 8.22. The molecule has 1 N–H and O–H groups in total. The average molecular weight is 363 g/mol. The van der Waals surface area contributed by atoms with Gasteiger partial charge >= 0.3 is 0 Å². The number of hydrogen-bond donors (Lipinski definition) is 1. The van der Waals surface area contributed by atoms with Crippen LogP contribution in [0.15, 0.2) is 60.8 Å². The molecule has 0 spiro atoms. The number of rotatable bonds is 5. The SMILES string of the molecule is Fc1ccccc1-c1cnnc(NC2CCCN(Cc3ccccc3)C2)n1. The Morgan fingerprint density at radius 1 is 1.07 bits per heavy atom. The van der Waals surface area contributed by atoms with Crippen molar-refractivity contribution >= 4 is 5.95 Å².